The van der Waals surface area contributed by atoms with Crippen LogP contribution in [0.15, 0.2) is 89.0 Å². The standard InChI is InChI=1S/C28H26N4O3S/c1-18-11-13-19(14-12-18)23-16-24(20-7-4-3-5-8-20)32(31-23)28-30-27(34)25(36-28)17-26(33)29-21-9-6-10-22(15-21)35-2/h3-15,24-25H,16-17H2,1-2H3,(H,29,33)/t24-,25-/m1/s1. The van der Waals surface area contributed by atoms with Gasteiger partial charge in [0, 0.05) is 24.6 Å². The van der Waals surface area contributed by atoms with Crippen LogP contribution >= 0.6 is 11.8 Å². The summed E-state index contributed by atoms with van der Waals surface area (Å²) in [5.41, 5.74) is 4.89. The van der Waals surface area contributed by atoms with Crippen molar-refractivity contribution in [1.29, 1.82) is 0 Å². The Morgan fingerprint density at radius 3 is 2.61 bits per heavy atom. The van der Waals surface area contributed by atoms with Gasteiger partial charge in [0.05, 0.1) is 18.9 Å². The summed E-state index contributed by atoms with van der Waals surface area (Å²) >= 11 is 1.29. The number of anilines is 1. The van der Waals surface area contributed by atoms with Crippen molar-refractivity contribution < 1.29 is 14.3 Å². The summed E-state index contributed by atoms with van der Waals surface area (Å²) in [6.07, 6.45) is 0.716. The number of rotatable bonds is 6. The molecule has 36 heavy (non-hydrogen) atoms. The molecule has 2 aliphatic heterocycles. The third-order valence-electron chi connectivity index (χ3n) is 6.13. The number of carbonyl (C=O) groups is 2. The summed E-state index contributed by atoms with van der Waals surface area (Å²) in [7, 11) is 1.57. The molecule has 0 radical (unpaired) electrons. The predicted molar refractivity (Wildman–Crippen MR) is 143 cm³/mol. The van der Waals surface area contributed by atoms with Gasteiger partial charge in [0.2, 0.25) is 5.91 Å². The lowest BCUT2D eigenvalue weighted by molar-refractivity contribution is -0.121. The molecule has 0 saturated heterocycles. The number of aryl methyl sites for hydroxylation is 1. The van der Waals surface area contributed by atoms with Crippen molar-refractivity contribution in [3.05, 3.63) is 95.6 Å². The van der Waals surface area contributed by atoms with Gasteiger partial charge in [-0.15, -0.1) is 0 Å². The van der Waals surface area contributed by atoms with Crippen LogP contribution in [-0.2, 0) is 9.59 Å². The van der Waals surface area contributed by atoms with Gasteiger partial charge >= 0.3 is 0 Å². The van der Waals surface area contributed by atoms with Crippen LogP contribution in [-0.4, -0.2) is 40.1 Å². The molecule has 2 aliphatic rings. The molecule has 3 aromatic rings. The maximum absolute atomic E-state index is 12.8. The summed E-state index contributed by atoms with van der Waals surface area (Å²) in [5.74, 6) is 0.0741. The highest BCUT2D eigenvalue weighted by Crippen LogP contribution is 2.38. The molecule has 3 aromatic carbocycles. The van der Waals surface area contributed by atoms with Crippen molar-refractivity contribution in [1.82, 2.24) is 5.01 Å². The molecule has 2 heterocycles. The fourth-order valence-electron chi connectivity index (χ4n) is 4.23. The van der Waals surface area contributed by atoms with Crippen LogP contribution in [0.1, 0.15) is 35.6 Å². The van der Waals surface area contributed by atoms with Crippen molar-refractivity contribution in [2.45, 2.75) is 31.1 Å². The van der Waals surface area contributed by atoms with Crippen LogP contribution in [0.2, 0.25) is 0 Å². The van der Waals surface area contributed by atoms with Gasteiger partial charge in [-0.05, 0) is 30.2 Å². The number of hydrogen-bond acceptors (Lipinski definition) is 6. The molecular formula is C28H26N4O3S. The highest BCUT2D eigenvalue weighted by atomic mass is 32.2. The van der Waals surface area contributed by atoms with E-state index in [4.69, 9.17) is 9.84 Å². The monoisotopic (exact) mass is 498 g/mol. The lowest BCUT2D eigenvalue weighted by Crippen LogP contribution is -2.25. The summed E-state index contributed by atoms with van der Waals surface area (Å²) in [6.45, 7) is 2.05. The number of methoxy groups -OCH3 is 1. The molecule has 0 unspecified atom stereocenters. The van der Waals surface area contributed by atoms with E-state index >= 15 is 0 Å². The topological polar surface area (TPSA) is 83.4 Å². The van der Waals surface area contributed by atoms with E-state index in [1.165, 1.54) is 17.3 Å². The van der Waals surface area contributed by atoms with Crippen molar-refractivity contribution in [3.63, 3.8) is 0 Å². The summed E-state index contributed by atoms with van der Waals surface area (Å²) in [6, 6.07) is 25.4. The van der Waals surface area contributed by atoms with E-state index in [9.17, 15) is 9.59 Å². The van der Waals surface area contributed by atoms with Crippen molar-refractivity contribution in [3.8, 4) is 5.75 Å². The Bertz CT molecular complexity index is 1340. The number of ether oxygens (including phenoxy) is 1. The number of hydrazone groups is 1. The first-order valence-corrected chi connectivity index (χ1v) is 12.6. The molecule has 7 nitrogen and oxygen atoms in total. The number of carbonyl (C=O) groups excluding carboxylic acids is 2. The summed E-state index contributed by atoms with van der Waals surface area (Å²) in [4.78, 5) is 29.8. The lowest BCUT2D eigenvalue weighted by atomic mass is 9.98. The van der Waals surface area contributed by atoms with E-state index in [0.29, 0.717) is 23.0 Å². The zero-order chi connectivity index (χ0) is 25.1. The molecule has 2 amide bonds. The second-order valence-electron chi connectivity index (χ2n) is 8.71. The molecule has 1 N–H and O–H groups in total. The number of amides is 2. The smallest absolute Gasteiger partial charge is 0.262 e. The minimum atomic E-state index is -0.597. The molecule has 0 spiro atoms. The number of nitrogens with zero attached hydrogens (tertiary/aromatic N) is 3. The highest BCUT2D eigenvalue weighted by Gasteiger charge is 2.39. The van der Waals surface area contributed by atoms with Crippen LogP contribution in [0.3, 0.4) is 0 Å². The molecule has 8 heteroatoms. The first-order chi connectivity index (χ1) is 17.5. The van der Waals surface area contributed by atoms with Crippen LogP contribution in [0, 0.1) is 6.92 Å². The van der Waals surface area contributed by atoms with Crippen LogP contribution in [0.5, 0.6) is 5.75 Å². The second kappa shape index (κ2) is 10.4. The first-order valence-electron chi connectivity index (χ1n) is 11.7. The van der Waals surface area contributed by atoms with E-state index in [1.54, 1.807) is 31.4 Å². The quantitative estimate of drug-likeness (QED) is 0.506. The Labute approximate surface area is 214 Å². The van der Waals surface area contributed by atoms with Gasteiger partial charge in [0.25, 0.3) is 5.91 Å². The van der Waals surface area contributed by atoms with Crippen LogP contribution in [0.25, 0.3) is 0 Å². The van der Waals surface area contributed by atoms with Gasteiger partial charge in [0.1, 0.15) is 11.0 Å². The zero-order valence-electron chi connectivity index (χ0n) is 20.0. The third kappa shape index (κ3) is 5.18. The molecule has 0 bridgehead atoms. The third-order valence-corrected chi connectivity index (χ3v) is 7.27. The molecule has 182 valence electrons. The maximum Gasteiger partial charge on any atom is 0.262 e. The molecule has 0 fully saturated rings. The number of benzene rings is 3. The number of amidine groups is 1. The average Bonchev–Trinajstić information content (AvgIpc) is 3.49. The highest BCUT2D eigenvalue weighted by molar-refractivity contribution is 8.15. The Hall–Kier alpha value is -3.91. The van der Waals surface area contributed by atoms with Crippen molar-refractivity contribution >= 4 is 40.1 Å². The zero-order valence-corrected chi connectivity index (χ0v) is 20.9. The minimum Gasteiger partial charge on any atom is -0.497 e. The summed E-state index contributed by atoms with van der Waals surface area (Å²) in [5, 5.41) is 9.50. The summed E-state index contributed by atoms with van der Waals surface area (Å²) < 4.78 is 5.21. The Kier molecular flexibility index (Phi) is 6.86. The molecule has 0 saturated carbocycles. The Balaban J connectivity index is 1.33. The average molecular weight is 499 g/mol. The Morgan fingerprint density at radius 2 is 1.86 bits per heavy atom. The van der Waals surface area contributed by atoms with Gasteiger partial charge in [-0.2, -0.15) is 10.1 Å². The van der Waals surface area contributed by atoms with Gasteiger partial charge in [-0.3, -0.25) is 9.59 Å². The van der Waals surface area contributed by atoms with E-state index in [2.05, 4.69) is 53.6 Å². The number of aliphatic imine (C=N–C) groups is 1. The van der Waals surface area contributed by atoms with Gasteiger partial charge < -0.3 is 10.1 Å². The van der Waals surface area contributed by atoms with Crippen molar-refractivity contribution in [2.75, 3.05) is 12.4 Å². The largest absolute Gasteiger partial charge is 0.497 e. The Morgan fingerprint density at radius 1 is 1.08 bits per heavy atom. The van der Waals surface area contributed by atoms with Gasteiger partial charge in [-0.1, -0.05) is 78.0 Å². The van der Waals surface area contributed by atoms with Crippen LogP contribution in [0.4, 0.5) is 5.69 Å². The SMILES string of the molecule is COc1cccc(NC(=O)C[C@H]2SC(N3N=C(c4ccc(C)cc4)C[C@@H]3c3ccccc3)=NC2=O)c1. The normalized spacial score (nSPS) is 19.2. The number of hydrogen-bond donors (Lipinski definition) is 1. The number of nitrogens with one attached hydrogen (secondary N) is 1. The van der Waals surface area contributed by atoms with Gasteiger partial charge in [-0.25, -0.2) is 5.01 Å². The fourth-order valence-corrected chi connectivity index (χ4v) is 5.29. The molecule has 2 atom stereocenters. The van der Waals surface area contributed by atoms with E-state index < -0.39 is 5.25 Å². The second-order valence-corrected chi connectivity index (χ2v) is 9.88. The molecule has 5 rings (SSSR count). The predicted octanol–water partition coefficient (Wildman–Crippen LogP) is 5.18. The molecule has 0 aromatic heterocycles. The fraction of sp³-hybridized carbons (Fsp3) is 0.214. The van der Waals surface area contributed by atoms with Gasteiger partial charge in [0.15, 0.2) is 5.17 Å². The lowest BCUT2D eigenvalue weighted by Gasteiger charge is -2.23. The maximum atomic E-state index is 12.8. The van der Waals surface area contributed by atoms with E-state index in [1.807, 2.05) is 23.2 Å². The minimum absolute atomic E-state index is 0.0199. The van der Waals surface area contributed by atoms with E-state index in [-0.39, 0.29) is 24.3 Å². The molecule has 0 aliphatic carbocycles. The number of thioether (sulfide) groups is 1. The van der Waals surface area contributed by atoms with E-state index in [0.717, 1.165) is 16.8 Å². The van der Waals surface area contributed by atoms with Crippen molar-refractivity contribution in [2.24, 2.45) is 10.1 Å². The molecular weight excluding hydrogens is 472 g/mol. The van der Waals surface area contributed by atoms with Crippen LogP contribution < -0.4 is 10.1 Å². The first kappa shape index (κ1) is 23.8.